The summed E-state index contributed by atoms with van der Waals surface area (Å²) in [5.74, 6) is 1.61. The van der Waals surface area contributed by atoms with E-state index in [1.54, 1.807) is 5.82 Å². The van der Waals surface area contributed by atoms with E-state index in [1.165, 1.54) is 186 Å². The normalized spacial score (nSPS) is 11.5. The van der Waals surface area contributed by atoms with Crippen molar-refractivity contribution in [3.05, 3.63) is 18.2 Å². The molecule has 0 aliphatic heterocycles. The second kappa shape index (κ2) is 26.8. The Labute approximate surface area is 234 Å². The summed E-state index contributed by atoms with van der Waals surface area (Å²) in [4.78, 5) is 0. The topological polar surface area (TPSA) is 8.81 Å². The molecule has 0 N–H and O–H groups in total. The molecule has 2 nitrogen and oxygen atoms in total. The van der Waals surface area contributed by atoms with E-state index in [0.717, 1.165) is 0 Å². The summed E-state index contributed by atoms with van der Waals surface area (Å²) in [7, 11) is 0. The molecule has 2 heteroatoms. The lowest BCUT2D eigenvalue weighted by molar-refractivity contribution is -0.704. The summed E-state index contributed by atoms with van der Waals surface area (Å²) >= 11 is 0. The zero-order valence-electron chi connectivity index (χ0n) is 26.1. The Morgan fingerprint density at radius 2 is 0.838 bits per heavy atom. The average molecular weight is 518 g/mol. The second-order valence-electron chi connectivity index (χ2n) is 12.0. The number of hydrogen-bond donors (Lipinski definition) is 0. The van der Waals surface area contributed by atoms with Gasteiger partial charge in [0.15, 0.2) is 0 Å². The predicted molar refractivity (Wildman–Crippen MR) is 165 cm³/mol. The van der Waals surface area contributed by atoms with Crippen LogP contribution in [-0.2, 0) is 19.5 Å². The van der Waals surface area contributed by atoms with Gasteiger partial charge in [0.05, 0.1) is 13.1 Å². The first-order valence-electron chi connectivity index (χ1n) is 17.4. The third-order valence-electron chi connectivity index (χ3n) is 8.35. The number of imidazole rings is 1. The van der Waals surface area contributed by atoms with Gasteiger partial charge in [0.25, 0.3) is 5.82 Å². The van der Waals surface area contributed by atoms with E-state index in [9.17, 15) is 0 Å². The third kappa shape index (κ3) is 19.9. The number of aryl methyl sites for hydroxylation is 2. The molecule has 0 amide bonds. The molecule has 0 bridgehead atoms. The van der Waals surface area contributed by atoms with Crippen molar-refractivity contribution in [1.29, 1.82) is 0 Å². The van der Waals surface area contributed by atoms with Gasteiger partial charge in [-0.25, -0.2) is 9.13 Å². The van der Waals surface area contributed by atoms with Crippen molar-refractivity contribution in [1.82, 2.24) is 4.57 Å². The molecule has 0 radical (unpaired) electrons. The fraction of sp³-hybridized carbons (Fsp3) is 0.914. The van der Waals surface area contributed by atoms with E-state index in [4.69, 9.17) is 0 Å². The highest BCUT2D eigenvalue weighted by Gasteiger charge is 2.16. The summed E-state index contributed by atoms with van der Waals surface area (Å²) in [6.45, 7) is 9.38. The molecule has 0 aromatic carbocycles. The number of aromatic nitrogens is 2. The molecule has 1 aromatic heterocycles. The molecule has 1 rings (SSSR count). The summed E-state index contributed by atoms with van der Waals surface area (Å²) in [5.41, 5.74) is 0. The van der Waals surface area contributed by atoms with Crippen LogP contribution in [0.2, 0.25) is 0 Å². The van der Waals surface area contributed by atoms with E-state index < -0.39 is 0 Å². The minimum atomic E-state index is 1.22. The number of nitrogens with zero attached hydrogens (tertiary/aromatic N) is 2. The van der Waals surface area contributed by atoms with Gasteiger partial charge in [-0.2, -0.15) is 0 Å². The van der Waals surface area contributed by atoms with Crippen molar-refractivity contribution in [2.45, 2.75) is 207 Å². The highest BCUT2D eigenvalue weighted by molar-refractivity contribution is 4.84. The van der Waals surface area contributed by atoms with Crippen LogP contribution in [0.15, 0.2) is 12.4 Å². The first-order valence-corrected chi connectivity index (χ1v) is 17.4. The van der Waals surface area contributed by atoms with Gasteiger partial charge in [0.2, 0.25) is 0 Å². The first kappa shape index (κ1) is 34.2. The molecular weight excluding hydrogens is 448 g/mol. The van der Waals surface area contributed by atoms with Crippen LogP contribution in [0.3, 0.4) is 0 Å². The molecule has 0 atom stereocenters. The Morgan fingerprint density at radius 3 is 1.30 bits per heavy atom. The number of unbranched alkanes of at least 4 members (excludes halogenated alkanes) is 23. The molecule has 37 heavy (non-hydrogen) atoms. The zero-order valence-corrected chi connectivity index (χ0v) is 26.1. The van der Waals surface area contributed by atoms with Crippen LogP contribution in [0.5, 0.6) is 0 Å². The molecule has 1 heterocycles. The number of rotatable bonds is 29. The largest absolute Gasteiger partial charge is 0.256 e. The van der Waals surface area contributed by atoms with Crippen molar-refractivity contribution in [2.24, 2.45) is 0 Å². The summed E-state index contributed by atoms with van der Waals surface area (Å²) < 4.78 is 5.20. The molecule has 0 unspecified atom stereocenters. The minimum Gasteiger partial charge on any atom is -0.234 e. The Morgan fingerprint density at radius 1 is 0.459 bits per heavy atom. The van der Waals surface area contributed by atoms with Gasteiger partial charge < -0.3 is 0 Å². The van der Waals surface area contributed by atoms with Gasteiger partial charge >= 0.3 is 0 Å². The third-order valence-corrected chi connectivity index (χ3v) is 8.35. The van der Waals surface area contributed by atoms with E-state index in [-0.39, 0.29) is 0 Å². The Hall–Kier alpha value is -0.790. The van der Waals surface area contributed by atoms with Gasteiger partial charge in [-0.15, -0.1) is 0 Å². The van der Waals surface area contributed by atoms with Crippen LogP contribution >= 0.6 is 0 Å². The van der Waals surface area contributed by atoms with Crippen molar-refractivity contribution in [3.63, 3.8) is 0 Å². The van der Waals surface area contributed by atoms with Crippen LogP contribution < -0.4 is 4.57 Å². The molecule has 0 aliphatic carbocycles. The molecule has 1 aromatic rings. The van der Waals surface area contributed by atoms with Gasteiger partial charge in [-0.05, 0) is 32.1 Å². The lowest BCUT2D eigenvalue weighted by atomic mass is 10.0. The van der Waals surface area contributed by atoms with Crippen molar-refractivity contribution >= 4 is 0 Å². The molecule has 0 saturated carbocycles. The fourth-order valence-electron chi connectivity index (χ4n) is 5.80. The quantitative estimate of drug-likeness (QED) is 0.0737. The summed E-state index contributed by atoms with van der Waals surface area (Å²) in [6.07, 6.45) is 43.0. The zero-order chi connectivity index (χ0) is 26.7. The molecule has 218 valence electrons. The van der Waals surface area contributed by atoms with Crippen molar-refractivity contribution < 1.29 is 4.57 Å². The van der Waals surface area contributed by atoms with Crippen molar-refractivity contribution in [3.8, 4) is 0 Å². The van der Waals surface area contributed by atoms with Gasteiger partial charge in [0.1, 0.15) is 12.4 Å². The van der Waals surface area contributed by atoms with Crippen LogP contribution in [0, 0.1) is 0 Å². The van der Waals surface area contributed by atoms with Crippen molar-refractivity contribution in [2.75, 3.05) is 0 Å². The van der Waals surface area contributed by atoms with Gasteiger partial charge in [-0.3, -0.25) is 0 Å². The highest BCUT2D eigenvalue weighted by atomic mass is 15.1. The maximum Gasteiger partial charge on any atom is 0.256 e. The smallest absolute Gasteiger partial charge is 0.234 e. The van der Waals surface area contributed by atoms with Gasteiger partial charge in [0, 0.05) is 6.42 Å². The monoisotopic (exact) mass is 518 g/mol. The van der Waals surface area contributed by atoms with Crippen LogP contribution in [-0.4, -0.2) is 4.57 Å². The lowest BCUT2D eigenvalue weighted by Gasteiger charge is -2.07. The summed E-state index contributed by atoms with van der Waals surface area (Å²) in [6, 6.07) is 0. The molecule has 0 spiro atoms. The molecular formula is C35H69N2+. The van der Waals surface area contributed by atoms with Crippen LogP contribution in [0.1, 0.15) is 194 Å². The highest BCUT2D eigenvalue weighted by Crippen LogP contribution is 2.15. The fourth-order valence-corrected chi connectivity index (χ4v) is 5.80. The molecule has 0 aliphatic rings. The maximum atomic E-state index is 2.61. The van der Waals surface area contributed by atoms with E-state index in [2.05, 4.69) is 42.3 Å². The average Bonchev–Trinajstić information content (AvgIpc) is 3.29. The van der Waals surface area contributed by atoms with E-state index in [1.807, 2.05) is 0 Å². The van der Waals surface area contributed by atoms with Crippen LogP contribution in [0.25, 0.3) is 0 Å². The molecule has 0 fully saturated rings. The van der Waals surface area contributed by atoms with E-state index >= 15 is 0 Å². The maximum absolute atomic E-state index is 2.61. The number of hydrogen-bond acceptors (Lipinski definition) is 0. The Balaban J connectivity index is 2.19. The SMILES string of the molecule is CCCCCCCCCCCCCCCCCc1n(CCCCCCCCC)cc[n+]1CCCCCC. The summed E-state index contributed by atoms with van der Waals surface area (Å²) in [5, 5.41) is 0. The standard InChI is InChI=1S/C35H69N2/c1-4-7-10-13-15-16-17-18-19-20-21-22-23-25-27-30-35-36(31-28-12-9-6-3)33-34-37(35)32-29-26-24-14-11-8-5-2/h33-34H,4-32H2,1-3H3/q+1. The van der Waals surface area contributed by atoms with E-state index in [0.29, 0.717) is 0 Å². The lowest BCUT2D eigenvalue weighted by Crippen LogP contribution is -2.37. The van der Waals surface area contributed by atoms with Gasteiger partial charge in [-0.1, -0.05) is 156 Å². The predicted octanol–water partition coefficient (Wildman–Crippen LogP) is 11.5. The van der Waals surface area contributed by atoms with Crippen LogP contribution in [0.4, 0.5) is 0 Å². The Kier molecular flexibility index (Phi) is 24.8. The second-order valence-corrected chi connectivity index (χ2v) is 12.0. The first-order chi connectivity index (χ1) is 18.3. The Bertz CT molecular complexity index is 576. The molecule has 0 saturated heterocycles. The minimum absolute atomic E-state index is 1.22.